The number of phenolic OH excluding ortho intramolecular Hbond substituents is 1. The highest BCUT2D eigenvalue weighted by Crippen LogP contribution is 2.38. The molecule has 3 rings (SSSR count). The Morgan fingerprint density at radius 3 is 1.97 bits per heavy atom. The lowest BCUT2D eigenvalue weighted by Crippen LogP contribution is -2.33. The molecule has 13 nitrogen and oxygen atoms in total. The minimum absolute atomic E-state index is 0.259. The number of methoxy groups -OCH3 is 1. The molecule has 192 valence electrons. The number of esters is 1. The summed E-state index contributed by atoms with van der Waals surface area (Å²) < 4.78 is 4.89. The maximum absolute atomic E-state index is 11.9. The van der Waals surface area contributed by atoms with Crippen molar-refractivity contribution < 1.29 is 29.4 Å². The summed E-state index contributed by atoms with van der Waals surface area (Å²) in [5.74, 6) is -1.47. The van der Waals surface area contributed by atoms with Gasteiger partial charge in [0, 0.05) is 11.6 Å². The second-order valence-corrected chi connectivity index (χ2v) is 8.09. The van der Waals surface area contributed by atoms with Gasteiger partial charge < -0.3 is 9.84 Å². The van der Waals surface area contributed by atoms with Gasteiger partial charge in [-0.25, -0.2) is 4.79 Å². The second kappa shape index (κ2) is 13.1. The van der Waals surface area contributed by atoms with Gasteiger partial charge in [-0.1, -0.05) is 30.2 Å². The van der Waals surface area contributed by atoms with Crippen molar-refractivity contribution in [2.24, 2.45) is 0 Å². The summed E-state index contributed by atoms with van der Waals surface area (Å²) in [5, 5.41) is 40.9. The van der Waals surface area contributed by atoms with Gasteiger partial charge in [0.15, 0.2) is 0 Å². The largest absolute Gasteiger partial charge is 0.497 e. The Bertz CT molecular complexity index is 1130. The lowest BCUT2D eigenvalue weighted by atomic mass is 10.1. The van der Waals surface area contributed by atoms with E-state index in [1.165, 1.54) is 26.4 Å². The number of hydrogen-bond acceptors (Lipinski definition) is 10. The van der Waals surface area contributed by atoms with Crippen molar-refractivity contribution in [2.45, 2.75) is 19.3 Å². The third kappa shape index (κ3) is 7.99. The van der Waals surface area contributed by atoms with E-state index in [1.54, 1.807) is 0 Å². The molecule has 0 unspecified atom stereocenters. The first kappa shape index (κ1) is 28.1. The normalized spacial score (nSPS) is 13.8. The average Bonchev–Trinajstić information content (AvgIpc) is 2.85. The number of hydrogen-bond donors (Lipinski definition) is 1. The van der Waals surface area contributed by atoms with E-state index in [0.29, 0.717) is 29.3 Å². The highest BCUT2D eigenvalue weighted by Gasteiger charge is 2.30. The fourth-order valence-corrected chi connectivity index (χ4v) is 3.52. The lowest BCUT2D eigenvalue weighted by Gasteiger charge is -2.26. The fourth-order valence-electron chi connectivity index (χ4n) is 3.39. The van der Waals surface area contributed by atoms with Gasteiger partial charge in [0.1, 0.15) is 0 Å². The molecule has 0 radical (unpaired) electrons. The van der Waals surface area contributed by atoms with Crippen molar-refractivity contribution in [1.29, 1.82) is 0 Å². The molecule has 0 aromatic heterocycles. The van der Waals surface area contributed by atoms with Gasteiger partial charge in [-0.15, -0.1) is 0 Å². The van der Waals surface area contributed by atoms with Crippen LogP contribution in [0.1, 0.15) is 24.8 Å². The van der Waals surface area contributed by atoms with E-state index in [4.69, 9.17) is 21.4 Å². The van der Waals surface area contributed by atoms with Crippen molar-refractivity contribution in [3.8, 4) is 5.75 Å². The van der Waals surface area contributed by atoms with Crippen LogP contribution in [-0.4, -0.2) is 57.5 Å². The van der Waals surface area contributed by atoms with Gasteiger partial charge in [-0.3, -0.25) is 35.2 Å². The van der Waals surface area contributed by atoms with Crippen LogP contribution in [-0.2, 0) is 9.53 Å². The van der Waals surface area contributed by atoms with Crippen LogP contribution in [0.25, 0.3) is 6.08 Å². The summed E-state index contributed by atoms with van der Waals surface area (Å²) >= 11 is 5.87. The minimum atomic E-state index is -1.21. The van der Waals surface area contributed by atoms with E-state index in [2.05, 4.69) is 4.90 Å². The third-order valence-corrected chi connectivity index (χ3v) is 5.41. The number of nitrogens with zero attached hydrogens (tertiary/aromatic N) is 4. The molecule has 36 heavy (non-hydrogen) atoms. The maximum Gasteiger partial charge on any atom is 0.335 e. The molecule has 1 fully saturated rings. The first-order valence-corrected chi connectivity index (χ1v) is 11.0. The van der Waals surface area contributed by atoms with Crippen LogP contribution in [0.2, 0.25) is 5.02 Å². The monoisotopic (exact) mass is 522 g/mol. The number of rotatable bonds is 7. The number of non-ortho nitro benzene ring substituents is 1. The quantitative estimate of drug-likeness (QED) is 0.235. The molecular weight excluding hydrogens is 500 g/mol. The standard InChI is InChI=1S/C16H20ClNO2.C6H3N3O7/c1-20-16(19)14(12-18-9-3-2-4-10-18)11-13-5-7-15(17)8-6-13;10-6-4(8(13)14)1-3(7(11)12)2-5(6)9(15)16/h5-8,11H,2-4,9-10,12H2,1H3;1-2,10H/b14-11-;. The van der Waals surface area contributed by atoms with E-state index in [-0.39, 0.29) is 5.97 Å². The number of ether oxygens (including phenoxy) is 1. The molecule has 0 atom stereocenters. The summed E-state index contributed by atoms with van der Waals surface area (Å²) in [5.41, 5.74) is -1.35. The van der Waals surface area contributed by atoms with Crippen LogP contribution in [0.4, 0.5) is 17.1 Å². The van der Waals surface area contributed by atoms with Crippen molar-refractivity contribution in [3.63, 3.8) is 0 Å². The zero-order chi connectivity index (χ0) is 26.8. The van der Waals surface area contributed by atoms with Crippen LogP contribution in [0.3, 0.4) is 0 Å². The van der Waals surface area contributed by atoms with Crippen LogP contribution in [0.5, 0.6) is 5.75 Å². The molecule has 2 aromatic carbocycles. The van der Waals surface area contributed by atoms with Gasteiger partial charge in [0.2, 0.25) is 0 Å². The van der Waals surface area contributed by atoms with E-state index in [1.807, 2.05) is 30.3 Å². The fraction of sp³-hybridized carbons (Fsp3) is 0.318. The van der Waals surface area contributed by atoms with E-state index in [0.717, 1.165) is 18.7 Å². The van der Waals surface area contributed by atoms with E-state index < -0.39 is 37.6 Å². The van der Waals surface area contributed by atoms with Gasteiger partial charge >= 0.3 is 17.3 Å². The SMILES string of the molecule is COC(=O)/C(=C\c1ccc(Cl)cc1)CN1CCCCC1.O=[N+]([O-])c1cc([N+](=O)[O-])c(O)c([N+](=O)[O-])c1. The van der Waals surface area contributed by atoms with Crippen molar-refractivity contribution in [2.75, 3.05) is 26.7 Å². The van der Waals surface area contributed by atoms with Crippen LogP contribution < -0.4 is 0 Å². The number of nitro groups is 3. The number of carbonyl (C=O) groups is 1. The van der Waals surface area contributed by atoms with Crippen LogP contribution >= 0.6 is 11.6 Å². The molecule has 1 saturated heterocycles. The molecule has 1 heterocycles. The molecule has 1 N–H and O–H groups in total. The number of phenols is 1. The molecule has 0 bridgehead atoms. The van der Waals surface area contributed by atoms with Crippen molar-refractivity contribution in [3.05, 3.63) is 82.9 Å². The summed E-state index contributed by atoms with van der Waals surface area (Å²) in [7, 11) is 1.42. The predicted octanol–water partition coefficient (Wildman–Crippen LogP) is 4.50. The van der Waals surface area contributed by atoms with Gasteiger partial charge in [-0.2, -0.15) is 0 Å². The average molecular weight is 523 g/mol. The molecule has 0 spiro atoms. The highest BCUT2D eigenvalue weighted by molar-refractivity contribution is 6.30. The minimum Gasteiger partial charge on any atom is -0.497 e. The Morgan fingerprint density at radius 1 is 1.00 bits per heavy atom. The van der Waals surface area contributed by atoms with Crippen molar-refractivity contribution >= 4 is 40.7 Å². The number of carbonyl (C=O) groups excluding carboxylic acids is 1. The Hall–Kier alpha value is -4.10. The third-order valence-electron chi connectivity index (χ3n) is 5.16. The first-order valence-electron chi connectivity index (χ1n) is 10.6. The molecule has 2 aromatic rings. The van der Waals surface area contributed by atoms with E-state index >= 15 is 0 Å². The molecule has 14 heteroatoms. The Labute approximate surface area is 210 Å². The molecule has 0 saturated carbocycles. The van der Waals surface area contributed by atoms with Crippen LogP contribution in [0, 0.1) is 30.3 Å². The summed E-state index contributed by atoms with van der Waals surface area (Å²) in [6, 6.07) is 8.35. The van der Waals surface area contributed by atoms with Gasteiger partial charge in [0.05, 0.1) is 39.6 Å². The number of aromatic hydroxyl groups is 1. The molecular formula is C22H23ClN4O9. The summed E-state index contributed by atoms with van der Waals surface area (Å²) in [6.45, 7) is 2.75. The Balaban J connectivity index is 0.000000261. The van der Waals surface area contributed by atoms with Gasteiger partial charge in [-0.05, 0) is 49.7 Å². The predicted molar refractivity (Wildman–Crippen MR) is 130 cm³/mol. The second-order valence-electron chi connectivity index (χ2n) is 7.65. The Morgan fingerprint density at radius 2 is 1.53 bits per heavy atom. The molecule has 0 amide bonds. The number of nitro benzene ring substituents is 3. The number of halogens is 1. The Kier molecular flexibility index (Phi) is 10.2. The summed E-state index contributed by atoms with van der Waals surface area (Å²) in [4.78, 5) is 42.0. The van der Waals surface area contributed by atoms with Gasteiger partial charge in [0.25, 0.3) is 11.4 Å². The maximum atomic E-state index is 11.9. The smallest absolute Gasteiger partial charge is 0.335 e. The van der Waals surface area contributed by atoms with Crippen LogP contribution in [0.15, 0.2) is 42.0 Å². The number of likely N-dealkylation sites (tertiary alicyclic amines) is 1. The zero-order valence-corrected chi connectivity index (χ0v) is 19.9. The van der Waals surface area contributed by atoms with E-state index in [9.17, 15) is 35.1 Å². The number of piperidine rings is 1. The summed E-state index contributed by atoms with van der Waals surface area (Å²) in [6.07, 6.45) is 5.58. The molecule has 1 aliphatic rings. The topological polar surface area (TPSA) is 179 Å². The van der Waals surface area contributed by atoms with Crippen molar-refractivity contribution in [1.82, 2.24) is 4.90 Å². The first-order chi connectivity index (χ1) is 17.0. The highest BCUT2D eigenvalue weighted by atomic mass is 35.5. The zero-order valence-electron chi connectivity index (χ0n) is 19.2. The molecule has 0 aliphatic carbocycles. The number of benzene rings is 2. The lowest BCUT2D eigenvalue weighted by molar-refractivity contribution is -0.404. The molecule has 1 aliphatic heterocycles.